The van der Waals surface area contributed by atoms with Crippen LogP contribution in [-0.4, -0.2) is 18.1 Å². The average Bonchev–Trinajstić information content (AvgIpc) is 2.59. The molecule has 114 valence electrons. The largest absolute Gasteiger partial charge is 0.469 e. The smallest absolute Gasteiger partial charge is 0.305 e. The first kappa shape index (κ1) is 16.0. The van der Waals surface area contributed by atoms with Gasteiger partial charge >= 0.3 is 5.97 Å². The second-order valence-corrected chi connectivity index (χ2v) is 5.05. The number of methoxy groups -OCH3 is 1. The van der Waals surface area contributed by atoms with E-state index in [0.29, 0.717) is 6.42 Å². The van der Waals surface area contributed by atoms with Crippen LogP contribution in [0.3, 0.4) is 0 Å². The molecule has 0 aliphatic rings. The predicted octanol–water partition coefficient (Wildman–Crippen LogP) is 4.25. The van der Waals surface area contributed by atoms with Gasteiger partial charge in [-0.25, -0.2) is 0 Å². The van der Waals surface area contributed by atoms with E-state index in [-0.39, 0.29) is 5.97 Å². The molecule has 0 spiro atoms. The Kier molecular flexibility index (Phi) is 6.37. The van der Waals surface area contributed by atoms with Crippen molar-refractivity contribution in [2.45, 2.75) is 25.7 Å². The molecule has 3 heteroatoms. The van der Waals surface area contributed by atoms with Gasteiger partial charge < -0.3 is 4.74 Å². The highest BCUT2D eigenvalue weighted by Crippen LogP contribution is 2.23. The molecule has 2 rings (SSSR count). The predicted molar refractivity (Wildman–Crippen MR) is 88.2 cm³/mol. The lowest BCUT2D eigenvalue weighted by Gasteiger charge is -2.08. The fourth-order valence-electron chi connectivity index (χ4n) is 2.30. The molecule has 0 N–H and O–H groups in total. The molecule has 0 aliphatic carbocycles. The normalized spacial score (nSPS) is 11.2. The maximum Gasteiger partial charge on any atom is 0.305 e. The van der Waals surface area contributed by atoms with E-state index >= 15 is 0 Å². The Morgan fingerprint density at radius 3 is 2.55 bits per heavy atom. The van der Waals surface area contributed by atoms with Gasteiger partial charge in [-0.1, -0.05) is 42.5 Å². The quantitative estimate of drug-likeness (QED) is 0.566. The summed E-state index contributed by atoms with van der Waals surface area (Å²) in [6.45, 7) is 0. The number of ether oxygens (including phenoxy) is 1. The minimum atomic E-state index is -0.139. The van der Waals surface area contributed by atoms with Crippen LogP contribution in [0.5, 0.6) is 0 Å². The van der Waals surface area contributed by atoms with Gasteiger partial charge in [0.15, 0.2) is 0 Å². The van der Waals surface area contributed by atoms with E-state index in [1.54, 1.807) is 6.20 Å². The van der Waals surface area contributed by atoms with E-state index in [1.165, 1.54) is 18.2 Å². The van der Waals surface area contributed by atoms with Crippen molar-refractivity contribution < 1.29 is 9.53 Å². The van der Waals surface area contributed by atoms with E-state index in [2.05, 4.69) is 34.0 Å². The molecule has 0 amide bonds. The molecule has 2 aromatic rings. The highest BCUT2D eigenvalue weighted by Gasteiger charge is 2.04. The molecule has 0 aliphatic heterocycles. The number of carbonyl (C=O) groups excluding carboxylic acids is 1. The van der Waals surface area contributed by atoms with E-state index in [0.717, 1.165) is 24.8 Å². The van der Waals surface area contributed by atoms with Gasteiger partial charge in [0.2, 0.25) is 0 Å². The lowest BCUT2D eigenvalue weighted by molar-refractivity contribution is -0.140. The number of allylic oxidation sites excluding steroid dienone is 1. The summed E-state index contributed by atoms with van der Waals surface area (Å²) in [5.41, 5.74) is 3.48. The Bertz CT molecular complexity index is 564. The standard InChI is InChI=1S/C19H21NO2/c1-22-19(21)13-7-3-6-12-18(16-9-4-2-5-10-16)17-11-8-14-20-15-17/h2,4-5,8-12,14-15H,3,6-7,13H2,1H3/b18-12+. The van der Waals surface area contributed by atoms with Gasteiger partial charge in [0, 0.05) is 24.4 Å². The van der Waals surface area contributed by atoms with Crippen LogP contribution in [0, 0.1) is 0 Å². The van der Waals surface area contributed by atoms with E-state index in [4.69, 9.17) is 0 Å². The highest BCUT2D eigenvalue weighted by molar-refractivity contribution is 5.79. The summed E-state index contributed by atoms with van der Waals surface area (Å²) in [7, 11) is 1.43. The maximum atomic E-state index is 11.1. The fraction of sp³-hybridized carbons (Fsp3) is 0.263. The molecule has 1 aromatic heterocycles. The molecule has 22 heavy (non-hydrogen) atoms. The zero-order valence-electron chi connectivity index (χ0n) is 12.9. The number of carbonyl (C=O) groups is 1. The first-order chi connectivity index (χ1) is 10.8. The highest BCUT2D eigenvalue weighted by atomic mass is 16.5. The third-order valence-corrected chi connectivity index (χ3v) is 3.47. The zero-order chi connectivity index (χ0) is 15.6. The third kappa shape index (κ3) is 4.85. The van der Waals surface area contributed by atoms with Crippen LogP contribution in [0.4, 0.5) is 0 Å². The summed E-state index contributed by atoms with van der Waals surface area (Å²) in [5, 5.41) is 0. The second-order valence-electron chi connectivity index (χ2n) is 5.05. The van der Waals surface area contributed by atoms with Gasteiger partial charge in [0.05, 0.1) is 7.11 Å². The van der Waals surface area contributed by atoms with Gasteiger partial charge in [-0.3, -0.25) is 9.78 Å². The van der Waals surface area contributed by atoms with Gasteiger partial charge in [-0.15, -0.1) is 0 Å². The number of hydrogen-bond donors (Lipinski definition) is 0. The molecule has 0 fully saturated rings. The van der Waals surface area contributed by atoms with Crippen molar-refractivity contribution in [2.24, 2.45) is 0 Å². The fourth-order valence-corrected chi connectivity index (χ4v) is 2.30. The lowest BCUT2D eigenvalue weighted by atomic mass is 9.97. The zero-order valence-corrected chi connectivity index (χ0v) is 12.9. The summed E-state index contributed by atoms with van der Waals surface area (Å²) in [6, 6.07) is 14.3. The molecule has 0 atom stereocenters. The van der Waals surface area contributed by atoms with Gasteiger partial charge in [-0.05, 0) is 36.5 Å². The molecule has 0 saturated carbocycles. The first-order valence-corrected chi connectivity index (χ1v) is 7.54. The Morgan fingerprint density at radius 1 is 1.09 bits per heavy atom. The third-order valence-electron chi connectivity index (χ3n) is 3.47. The van der Waals surface area contributed by atoms with Crippen LogP contribution in [0.25, 0.3) is 5.57 Å². The first-order valence-electron chi connectivity index (χ1n) is 7.54. The monoisotopic (exact) mass is 295 g/mol. The number of aromatic nitrogens is 1. The van der Waals surface area contributed by atoms with Crippen LogP contribution in [0.2, 0.25) is 0 Å². The van der Waals surface area contributed by atoms with Crippen molar-refractivity contribution in [3.8, 4) is 0 Å². The number of rotatable bonds is 7. The lowest BCUT2D eigenvalue weighted by Crippen LogP contribution is -1.99. The minimum Gasteiger partial charge on any atom is -0.469 e. The van der Waals surface area contributed by atoms with Crippen molar-refractivity contribution >= 4 is 11.5 Å². The number of nitrogens with zero attached hydrogens (tertiary/aromatic N) is 1. The van der Waals surface area contributed by atoms with E-state index in [9.17, 15) is 4.79 Å². The summed E-state index contributed by atoms with van der Waals surface area (Å²) >= 11 is 0. The van der Waals surface area contributed by atoms with E-state index < -0.39 is 0 Å². The topological polar surface area (TPSA) is 39.2 Å². The minimum absolute atomic E-state index is 0.139. The van der Waals surface area contributed by atoms with Crippen LogP contribution >= 0.6 is 0 Å². The molecule has 0 unspecified atom stereocenters. The molecule has 1 heterocycles. The maximum absolute atomic E-state index is 11.1. The van der Waals surface area contributed by atoms with Gasteiger partial charge in [0.1, 0.15) is 0 Å². The van der Waals surface area contributed by atoms with Crippen molar-refractivity contribution in [2.75, 3.05) is 7.11 Å². The van der Waals surface area contributed by atoms with Crippen molar-refractivity contribution in [3.05, 3.63) is 72.1 Å². The Labute approximate surface area is 131 Å². The van der Waals surface area contributed by atoms with Crippen molar-refractivity contribution in [1.82, 2.24) is 4.98 Å². The van der Waals surface area contributed by atoms with Crippen molar-refractivity contribution in [3.63, 3.8) is 0 Å². The Balaban J connectivity index is 2.05. The average molecular weight is 295 g/mol. The number of benzene rings is 1. The number of pyridine rings is 1. The number of esters is 1. The van der Waals surface area contributed by atoms with E-state index in [1.807, 2.05) is 30.5 Å². The van der Waals surface area contributed by atoms with Crippen LogP contribution in [0.15, 0.2) is 60.9 Å². The van der Waals surface area contributed by atoms with Crippen LogP contribution in [0.1, 0.15) is 36.8 Å². The SMILES string of the molecule is COC(=O)CCCC/C=C(\c1ccccc1)c1cccnc1. The molecule has 1 aromatic carbocycles. The number of hydrogen-bond acceptors (Lipinski definition) is 3. The second kappa shape index (κ2) is 8.78. The number of unbranched alkanes of at least 4 members (excludes halogenated alkanes) is 2. The summed E-state index contributed by atoms with van der Waals surface area (Å²) < 4.78 is 4.65. The molecule has 0 saturated heterocycles. The van der Waals surface area contributed by atoms with Gasteiger partial charge in [-0.2, -0.15) is 0 Å². The molecular weight excluding hydrogens is 274 g/mol. The summed E-state index contributed by atoms with van der Waals surface area (Å²) in [5.74, 6) is -0.139. The van der Waals surface area contributed by atoms with Gasteiger partial charge in [0.25, 0.3) is 0 Å². The molecule has 0 bridgehead atoms. The van der Waals surface area contributed by atoms with Crippen LogP contribution < -0.4 is 0 Å². The molecule has 3 nitrogen and oxygen atoms in total. The Hall–Kier alpha value is -2.42. The molecular formula is C19H21NO2. The summed E-state index contributed by atoms with van der Waals surface area (Å²) in [6.07, 6.45) is 9.11. The van der Waals surface area contributed by atoms with Crippen LogP contribution in [-0.2, 0) is 9.53 Å². The Morgan fingerprint density at radius 2 is 1.86 bits per heavy atom. The van der Waals surface area contributed by atoms with Crippen molar-refractivity contribution in [1.29, 1.82) is 0 Å². The molecule has 0 radical (unpaired) electrons. The summed E-state index contributed by atoms with van der Waals surface area (Å²) in [4.78, 5) is 15.3.